The third kappa shape index (κ3) is 2.03. The molecule has 3 nitrogen and oxygen atoms in total. The van der Waals surface area contributed by atoms with E-state index in [1.807, 2.05) is 25.2 Å². The molecule has 0 spiro atoms. The predicted molar refractivity (Wildman–Crippen MR) is 41.7 cm³/mol. The van der Waals surface area contributed by atoms with Crippen LogP contribution in [0.2, 0.25) is 0 Å². The quantitative estimate of drug-likeness (QED) is 0.669. The van der Waals surface area contributed by atoms with Crippen molar-refractivity contribution in [2.75, 3.05) is 7.05 Å². The average Bonchev–Trinajstić information content (AvgIpc) is 2.06. The van der Waals surface area contributed by atoms with Gasteiger partial charge in [0.25, 0.3) is 0 Å². The van der Waals surface area contributed by atoms with Gasteiger partial charge >= 0.3 is 0 Å². The Kier molecular flexibility index (Phi) is 2.59. The van der Waals surface area contributed by atoms with Crippen LogP contribution in [0, 0.1) is 11.3 Å². The summed E-state index contributed by atoms with van der Waals surface area (Å²) in [6.07, 6.45) is 0. The summed E-state index contributed by atoms with van der Waals surface area (Å²) in [6, 6.07) is 7.40. The first kappa shape index (κ1) is 7.70. The summed E-state index contributed by atoms with van der Waals surface area (Å²) < 4.78 is 0. The maximum absolute atomic E-state index is 8.50. The topological polar surface area (TPSA) is 48.7 Å². The van der Waals surface area contributed by atoms with Gasteiger partial charge in [-0.05, 0) is 19.2 Å². The van der Waals surface area contributed by atoms with Gasteiger partial charge in [-0.3, -0.25) is 0 Å². The molecule has 1 rings (SSSR count). The molecule has 0 aliphatic rings. The highest BCUT2D eigenvalue weighted by molar-refractivity contribution is 5.21. The van der Waals surface area contributed by atoms with Crippen LogP contribution in [0.25, 0.3) is 0 Å². The van der Waals surface area contributed by atoms with Gasteiger partial charge in [-0.25, -0.2) is 4.98 Å². The second-order valence-electron chi connectivity index (χ2n) is 2.16. The maximum Gasteiger partial charge on any atom is 0.140 e. The molecule has 0 unspecified atom stereocenters. The van der Waals surface area contributed by atoms with E-state index in [2.05, 4.69) is 10.3 Å². The van der Waals surface area contributed by atoms with Crippen LogP contribution in [0.15, 0.2) is 18.2 Å². The summed E-state index contributed by atoms with van der Waals surface area (Å²) >= 11 is 0. The summed E-state index contributed by atoms with van der Waals surface area (Å²) in [4.78, 5) is 4.06. The van der Waals surface area contributed by atoms with Crippen LogP contribution in [0.3, 0.4) is 0 Å². The number of nitrogens with one attached hydrogen (secondary N) is 1. The fraction of sp³-hybridized carbons (Fsp3) is 0.250. The van der Waals surface area contributed by atoms with Gasteiger partial charge in [-0.2, -0.15) is 5.26 Å². The van der Waals surface area contributed by atoms with Crippen molar-refractivity contribution in [1.29, 1.82) is 5.26 Å². The zero-order chi connectivity index (χ0) is 8.10. The molecule has 0 aliphatic carbocycles. The van der Waals surface area contributed by atoms with Gasteiger partial charge in [0.1, 0.15) is 11.8 Å². The van der Waals surface area contributed by atoms with Crippen molar-refractivity contribution in [3.63, 3.8) is 0 Å². The Bertz CT molecular complexity index is 275. The predicted octanol–water partition coefficient (Wildman–Crippen LogP) is 0.673. The maximum atomic E-state index is 8.50. The highest BCUT2D eigenvalue weighted by Gasteiger charge is 1.93. The molecule has 0 radical (unpaired) electrons. The Morgan fingerprint density at radius 3 is 3.09 bits per heavy atom. The molecule has 0 amide bonds. The summed E-state index contributed by atoms with van der Waals surface area (Å²) in [5.74, 6) is 0. The van der Waals surface area contributed by atoms with Crippen molar-refractivity contribution < 1.29 is 0 Å². The molecule has 0 atom stereocenters. The van der Waals surface area contributed by atoms with E-state index in [4.69, 9.17) is 5.26 Å². The third-order valence-corrected chi connectivity index (χ3v) is 1.28. The smallest absolute Gasteiger partial charge is 0.140 e. The summed E-state index contributed by atoms with van der Waals surface area (Å²) in [5, 5.41) is 11.5. The van der Waals surface area contributed by atoms with Gasteiger partial charge in [0.05, 0.1) is 5.69 Å². The second kappa shape index (κ2) is 3.69. The Labute approximate surface area is 65.7 Å². The van der Waals surface area contributed by atoms with Crippen LogP contribution in [-0.4, -0.2) is 12.0 Å². The Morgan fingerprint density at radius 1 is 1.64 bits per heavy atom. The molecule has 0 saturated heterocycles. The first-order valence-electron chi connectivity index (χ1n) is 3.37. The van der Waals surface area contributed by atoms with Gasteiger partial charge in [0.15, 0.2) is 0 Å². The van der Waals surface area contributed by atoms with E-state index in [0.717, 1.165) is 5.69 Å². The molecule has 56 valence electrons. The lowest BCUT2D eigenvalue weighted by molar-refractivity contribution is 0.789. The molecule has 11 heavy (non-hydrogen) atoms. The molecule has 0 saturated carbocycles. The fourth-order valence-electron chi connectivity index (χ4n) is 0.821. The molecule has 1 aromatic rings. The van der Waals surface area contributed by atoms with E-state index in [1.54, 1.807) is 6.07 Å². The first-order chi connectivity index (χ1) is 5.36. The van der Waals surface area contributed by atoms with Crippen LogP contribution in [0.5, 0.6) is 0 Å². The van der Waals surface area contributed by atoms with E-state index in [-0.39, 0.29) is 0 Å². The summed E-state index contributed by atoms with van der Waals surface area (Å²) in [7, 11) is 1.85. The molecule has 0 aliphatic heterocycles. The molecule has 0 bridgehead atoms. The molecule has 1 aromatic heterocycles. The Hall–Kier alpha value is -1.40. The number of nitriles is 1. The van der Waals surface area contributed by atoms with Crippen molar-refractivity contribution in [3.05, 3.63) is 29.6 Å². The minimum Gasteiger partial charge on any atom is -0.314 e. The van der Waals surface area contributed by atoms with Gasteiger partial charge in [-0.15, -0.1) is 0 Å². The minimum absolute atomic E-state index is 0.470. The molecule has 0 aromatic carbocycles. The van der Waals surface area contributed by atoms with Crippen molar-refractivity contribution in [2.45, 2.75) is 6.54 Å². The van der Waals surface area contributed by atoms with Crippen LogP contribution >= 0.6 is 0 Å². The monoisotopic (exact) mass is 147 g/mol. The van der Waals surface area contributed by atoms with Crippen molar-refractivity contribution in [1.82, 2.24) is 10.3 Å². The molecular weight excluding hydrogens is 138 g/mol. The zero-order valence-corrected chi connectivity index (χ0v) is 6.33. The highest BCUT2D eigenvalue weighted by atomic mass is 14.8. The number of aromatic nitrogens is 1. The molecular formula is C8H9N3. The molecule has 1 heterocycles. The van der Waals surface area contributed by atoms with E-state index in [1.165, 1.54) is 0 Å². The second-order valence-corrected chi connectivity index (χ2v) is 2.16. The first-order valence-corrected chi connectivity index (χ1v) is 3.37. The zero-order valence-electron chi connectivity index (χ0n) is 6.33. The van der Waals surface area contributed by atoms with Crippen molar-refractivity contribution in [3.8, 4) is 6.07 Å². The Balaban J connectivity index is 2.85. The normalized spacial score (nSPS) is 9.09. The van der Waals surface area contributed by atoms with Crippen molar-refractivity contribution in [2.24, 2.45) is 0 Å². The van der Waals surface area contributed by atoms with E-state index < -0.39 is 0 Å². The van der Waals surface area contributed by atoms with Gasteiger partial charge in [0, 0.05) is 6.54 Å². The van der Waals surface area contributed by atoms with Gasteiger partial charge in [0.2, 0.25) is 0 Å². The van der Waals surface area contributed by atoms with Gasteiger partial charge < -0.3 is 5.32 Å². The lowest BCUT2D eigenvalue weighted by Crippen LogP contribution is -2.06. The average molecular weight is 147 g/mol. The largest absolute Gasteiger partial charge is 0.314 e. The summed E-state index contributed by atoms with van der Waals surface area (Å²) in [5.41, 5.74) is 1.37. The van der Waals surface area contributed by atoms with Gasteiger partial charge in [-0.1, -0.05) is 6.07 Å². The molecule has 3 heteroatoms. The van der Waals surface area contributed by atoms with E-state index in [0.29, 0.717) is 12.2 Å². The fourth-order valence-corrected chi connectivity index (χ4v) is 0.821. The standard InChI is InChI=1S/C8H9N3/c1-10-6-8-4-2-3-7(5-9)11-8/h2-4,10H,6H2,1H3. The molecule has 1 N–H and O–H groups in total. The third-order valence-electron chi connectivity index (χ3n) is 1.28. The van der Waals surface area contributed by atoms with Crippen molar-refractivity contribution >= 4 is 0 Å². The Morgan fingerprint density at radius 2 is 2.45 bits per heavy atom. The molecule has 0 fully saturated rings. The highest BCUT2D eigenvalue weighted by Crippen LogP contribution is 1.96. The number of hydrogen-bond donors (Lipinski definition) is 1. The number of hydrogen-bond acceptors (Lipinski definition) is 3. The van der Waals surface area contributed by atoms with Crippen LogP contribution in [0.4, 0.5) is 0 Å². The number of rotatable bonds is 2. The minimum atomic E-state index is 0.470. The lowest BCUT2D eigenvalue weighted by Gasteiger charge is -1.97. The lowest BCUT2D eigenvalue weighted by atomic mass is 10.3. The van der Waals surface area contributed by atoms with Crippen LogP contribution in [0.1, 0.15) is 11.4 Å². The summed E-state index contributed by atoms with van der Waals surface area (Å²) in [6.45, 7) is 0.704. The van der Waals surface area contributed by atoms with E-state index in [9.17, 15) is 0 Å². The SMILES string of the molecule is CNCc1cccc(C#N)n1. The van der Waals surface area contributed by atoms with E-state index >= 15 is 0 Å². The van der Waals surface area contributed by atoms with Crippen LogP contribution in [-0.2, 0) is 6.54 Å². The van der Waals surface area contributed by atoms with Crippen LogP contribution < -0.4 is 5.32 Å². The number of pyridine rings is 1. The number of nitrogens with zero attached hydrogens (tertiary/aromatic N) is 2.